The first-order valence-electron chi connectivity index (χ1n) is 5.90. The Kier molecular flexibility index (Phi) is 3.74. The van der Waals surface area contributed by atoms with Gasteiger partial charge in [-0.05, 0) is 25.1 Å². The fourth-order valence-electron chi connectivity index (χ4n) is 1.86. The highest BCUT2D eigenvalue weighted by molar-refractivity contribution is 5.78. The Balaban J connectivity index is 1.85. The molecule has 1 aromatic rings. The summed E-state index contributed by atoms with van der Waals surface area (Å²) in [6.07, 6.45) is 0. The van der Waals surface area contributed by atoms with E-state index in [4.69, 9.17) is 0 Å². The molecule has 1 saturated heterocycles. The molecule has 1 aromatic carbocycles. The molecule has 1 unspecified atom stereocenters. The summed E-state index contributed by atoms with van der Waals surface area (Å²) < 4.78 is 13.3. The van der Waals surface area contributed by atoms with Gasteiger partial charge in [-0.2, -0.15) is 0 Å². The van der Waals surface area contributed by atoms with Crippen molar-refractivity contribution in [1.29, 1.82) is 0 Å². The van der Waals surface area contributed by atoms with Crippen LogP contribution in [-0.2, 0) is 11.3 Å². The minimum atomic E-state index is -0.272. The smallest absolute Gasteiger partial charge is 0.223 e. The van der Waals surface area contributed by atoms with Crippen molar-refractivity contribution >= 4 is 5.91 Å². The summed E-state index contributed by atoms with van der Waals surface area (Å²) in [6, 6.07) is 6.50. The van der Waals surface area contributed by atoms with Gasteiger partial charge in [-0.3, -0.25) is 4.79 Å². The normalized spacial score (nSPS) is 17.3. The molecule has 1 aliphatic heterocycles. The maximum Gasteiger partial charge on any atom is 0.223 e. The molecule has 0 spiro atoms. The highest BCUT2D eigenvalue weighted by Gasteiger charge is 2.28. The zero-order chi connectivity index (χ0) is 12.3. The monoisotopic (exact) mass is 236 g/mol. The van der Waals surface area contributed by atoms with Crippen LogP contribution in [0, 0.1) is 17.7 Å². The van der Waals surface area contributed by atoms with Crippen LogP contribution in [0.2, 0.25) is 0 Å². The summed E-state index contributed by atoms with van der Waals surface area (Å²) >= 11 is 0. The van der Waals surface area contributed by atoms with Gasteiger partial charge in [0.2, 0.25) is 5.91 Å². The number of rotatable bonds is 4. The lowest BCUT2D eigenvalue weighted by molar-refractivity contribution is -0.126. The van der Waals surface area contributed by atoms with E-state index in [2.05, 4.69) is 10.6 Å². The number of benzene rings is 1. The van der Waals surface area contributed by atoms with Crippen molar-refractivity contribution in [3.8, 4) is 0 Å². The Bertz CT molecular complexity index is 404. The third-order valence-corrected chi connectivity index (χ3v) is 3.34. The molecule has 0 aliphatic carbocycles. The molecule has 1 amide bonds. The van der Waals surface area contributed by atoms with E-state index < -0.39 is 0 Å². The van der Waals surface area contributed by atoms with Crippen molar-refractivity contribution in [2.45, 2.75) is 13.5 Å². The molecule has 92 valence electrons. The van der Waals surface area contributed by atoms with E-state index in [1.165, 1.54) is 6.07 Å². The SMILES string of the molecule is CC(C(=O)NCc1ccccc1F)C1CNC1. The minimum absolute atomic E-state index is 0.000229. The number of carbonyl (C=O) groups excluding carboxylic acids is 1. The maximum atomic E-state index is 13.3. The van der Waals surface area contributed by atoms with Crippen molar-refractivity contribution in [3.63, 3.8) is 0 Å². The molecule has 0 bridgehead atoms. The molecule has 3 nitrogen and oxygen atoms in total. The van der Waals surface area contributed by atoms with Crippen molar-refractivity contribution in [3.05, 3.63) is 35.6 Å². The third-order valence-electron chi connectivity index (χ3n) is 3.34. The summed E-state index contributed by atoms with van der Waals surface area (Å²) in [5.74, 6) is 0.129. The number of carbonyl (C=O) groups is 1. The summed E-state index contributed by atoms with van der Waals surface area (Å²) in [5.41, 5.74) is 0.528. The van der Waals surface area contributed by atoms with Gasteiger partial charge in [0.15, 0.2) is 0 Å². The molecule has 1 fully saturated rings. The van der Waals surface area contributed by atoms with Crippen LogP contribution in [0.25, 0.3) is 0 Å². The average Bonchev–Trinajstić information content (AvgIpc) is 2.25. The first-order chi connectivity index (χ1) is 8.18. The van der Waals surface area contributed by atoms with Gasteiger partial charge in [0.1, 0.15) is 5.82 Å². The zero-order valence-corrected chi connectivity index (χ0v) is 9.87. The van der Waals surface area contributed by atoms with Crippen LogP contribution in [0.15, 0.2) is 24.3 Å². The molecule has 2 N–H and O–H groups in total. The molecule has 2 rings (SSSR count). The van der Waals surface area contributed by atoms with E-state index in [1.54, 1.807) is 18.2 Å². The number of hydrogen-bond acceptors (Lipinski definition) is 2. The van der Waals surface area contributed by atoms with E-state index in [1.807, 2.05) is 6.92 Å². The zero-order valence-electron chi connectivity index (χ0n) is 9.87. The average molecular weight is 236 g/mol. The number of nitrogens with one attached hydrogen (secondary N) is 2. The molecule has 0 saturated carbocycles. The molecule has 1 atom stereocenters. The Labute approximate surface area is 100 Å². The van der Waals surface area contributed by atoms with E-state index in [0.717, 1.165) is 13.1 Å². The van der Waals surface area contributed by atoms with Crippen molar-refractivity contribution < 1.29 is 9.18 Å². The van der Waals surface area contributed by atoms with Gasteiger partial charge >= 0.3 is 0 Å². The predicted molar refractivity (Wildman–Crippen MR) is 63.8 cm³/mol. The Morgan fingerprint density at radius 2 is 2.24 bits per heavy atom. The van der Waals surface area contributed by atoms with Gasteiger partial charge in [-0.15, -0.1) is 0 Å². The van der Waals surface area contributed by atoms with Gasteiger partial charge in [-0.25, -0.2) is 4.39 Å². The lowest BCUT2D eigenvalue weighted by atomic mass is 9.88. The highest BCUT2D eigenvalue weighted by Crippen LogP contribution is 2.16. The molecule has 0 aromatic heterocycles. The lowest BCUT2D eigenvalue weighted by Gasteiger charge is -2.31. The second-order valence-corrected chi connectivity index (χ2v) is 4.52. The number of halogens is 1. The molecule has 1 aliphatic rings. The first-order valence-corrected chi connectivity index (χ1v) is 5.90. The van der Waals surface area contributed by atoms with Crippen LogP contribution in [0.4, 0.5) is 4.39 Å². The largest absolute Gasteiger partial charge is 0.352 e. The van der Waals surface area contributed by atoms with Crippen molar-refractivity contribution in [2.24, 2.45) is 11.8 Å². The Morgan fingerprint density at radius 3 is 2.82 bits per heavy atom. The molecular weight excluding hydrogens is 219 g/mol. The second-order valence-electron chi connectivity index (χ2n) is 4.52. The van der Waals surface area contributed by atoms with E-state index >= 15 is 0 Å². The molecular formula is C13H17FN2O. The number of amides is 1. The minimum Gasteiger partial charge on any atom is -0.352 e. The van der Waals surface area contributed by atoms with Crippen LogP contribution in [0.5, 0.6) is 0 Å². The molecule has 17 heavy (non-hydrogen) atoms. The van der Waals surface area contributed by atoms with Gasteiger partial charge in [0.25, 0.3) is 0 Å². The number of hydrogen-bond donors (Lipinski definition) is 2. The second kappa shape index (κ2) is 5.27. The van der Waals surface area contributed by atoms with Crippen molar-refractivity contribution in [1.82, 2.24) is 10.6 Å². The van der Waals surface area contributed by atoms with Gasteiger partial charge in [0.05, 0.1) is 0 Å². The lowest BCUT2D eigenvalue weighted by Crippen LogP contribution is -2.49. The van der Waals surface area contributed by atoms with Gasteiger partial charge in [0, 0.05) is 18.0 Å². The van der Waals surface area contributed by atoms with Crippen LogP contribution < -0.4 is 10.6 Å². The van der Waals surface area contributed by atoms with E-state index in [0.29, 0.717) is 11.5 Å². The Hall–Kier alpha value is -1.42. The summed E-state index contributed by atoms with van der Waals surface area (Å²) in [7, 11) is 0. The summed E-state index contributed by atoms with van der Waals surface area (Å²) in [5, 5.41) is 5.92. The first kappa shape index (κ1) is 12.0. The standard InChI is InChI=1S/C13H17FN2O/c1-9(11-6-15-7-11)13(17)16-8-10-4-2-3-5-12(10)14/h2-5,9,11,15H,6-8H2,1H3,(H,16,17). The van der Waals surface area contributed by atoms with Gasteiger partial charge < -0.3 is 10.6 Å². The molecule has 1 heterocycles. The summed E-state index contributed by atoms with van der Waals surface area (Å²) in [6.45, 7) is 3.97. The fourth-order valence-corrected chi connectivity index (χ4v) is 1.86. The molecule has 0 radical (unpaired) electrons. The van der Waals surface area contributed by atoms with Crippen LogP contribution in [-0.4, -0.2) is 19.0 Å². The maximum absolute atomic E-state index is 13.3. The van der Waals surface area contributed by atoms with E-state index in [-0.39, 0.29) is 24.2 Å². The van der Waals surface area contributed by atoms with Gasteiger partial charge in [-0.1, -0.05) is 25.1 Å². The topological polar surface area (TPSA) is 41.1 Å². The molecule has 4 heteroatoms. The third kappa shape index (κ3) is 2.82. The van der Waals surface area contributed by atoms with Crippen LogP contribution >= 0.6 is 0 Å². The Morgan fingerprint density at radius 1 is 1.53 bits per heavy atom. The summed E-state index contributed by atoms with van der Waals surface area (Å²) in [4.78, 5) is 11.8. The fraction of sp³-hybridized carbons (Fsp3) is 0.462. The predicted octanol–water partition coefficient (Wildman–Crippen LogP) is 1.30. The van der Waals surface area contributed by atoms with Crippen LogP contribution in [0.1, 0.15) is 12.5 Å². The van der Waals surface area contributed by atoms with E-state index in [9.17, 15) is 9.18 Å². The van der Waals surface area contributed by atoms with Crippen molar-refractivity contribution in [2.75, 3.05) is 13.1 Å². The highest BCUT2D eigenvalue weighted by atomic mass is 19.1. The van der Waals surface area contributed by atoms with Crippen LogP contribution in [0.3, 0.4) is 0 Å². The quantitative estimate of drug-likeness (QED) is 0.827.